The molecule has 0 atom stereocenters. The van der Waals surface area contributed by atoms with Gasteiger partial charge >= 0.3 is 0 Å². The minimum absolute atomic E-state index is 0.0391. The average Bonchev–Trinajstić information content (AvgIpc) is 2.39. The Kier molecular flexibility index (Phi) is 3.85. The molecule has 3 heteroatoms. The van der Waals surface area contributed by atoms with Gasteiger partial charge in [0.25, 0.3) is 0 Å². The van der Waals surface area contributed by atoms with E-state index in [1.165, 1.54) is 19.3 Å². The van der Waals surface area contributed by atoms with Crippen molar-refractivity contribution in [3.63, 3.8) is 0 Å². The van der Waals surface area contributed by atoms with Crippen molar-refractivity contribution in [1.82, 2.24) is 10.2 Å². The number of likely N-dealkylation sites (tertiary alicyclic amines) is 1. The van der Waals surface area contributed by atoms with Gasteiger partial charge in [-0.25, -0.2) is 0 Å². The van der Waals surface area contributed by atoms with Gasteiger partial charge in [0, 0.05) is 13.1 Å². The molecule has 0 spiro atoms. The molecule has 92 valence electrons. The lowest BCUT2D eigenvalue weighted by molar-refractivity contribution is -0.145. The zero-order valence-corrected chi connectivity index (χ0v) is 10.4. The third kappa shape index (κ3) is 2.24. The van der Waals surface area contributed by atoms with Crippen LogP contribution in [0, 0.1) is 5.41 Å². The van der Waals surface area contributed by atoms with Gasteiger partial charge in [-0.05, 0) is 51.6 Å². The summed E-state index contributed by atoms with van der Waals surface area (Å²) in [5.41, 5.74) is -0.0391. The minimum Gasteiger partial charge on any atom is -0.342 e. The molecule has 0 saturated carbocycles. The summed E-state index contributed by atoms with van der Waals surface area (Å²) in [6.07, 6.45) is 6.75. The number of nitrogens with one attached hydrogen (secondary N) is 1. The highest BCUT2D eigenvalue weighted by Crippen LogP contribution is 2.35. The second kappa shape index (κ2) is 5.17. The lowest BCUT2D eigenvalue weighted by Gasteiger charge is -2.40. The number of hydrogen-bond donors (Lipinski definition) is 1. The van der Waals surface area contributed by atoms with Crippen molar-refractivity contribution >= 4 is 5.91 Å². The molecule has 0 unspecified atom stereocenters. The molecule has 2 aliphatic heterocycles. The Bertz CT molecular complexity index is 240. The van der Waals surface area contributed by atoms with Crippen molar-refractivity contribution in [2.75, 3.05) is 26.2 Å². The van der Waals surface area contributed by atoms with Crippen LogP contribution in [0.2, 0.25) is 0 Å². The standard InChI is InChI=1S/C13H24N2O/c1-2-13(6-8-14-9-7-13)12(16)15-10-4-3-5-11-15/h14H,2-11H2,1H3. The predicted octanol–water partition coefficient (Wildman–Crippen LogP) is 1.78. The first kappa shape index (κ1) is 11.9. The van der Waals surface area contributed by atoms with E-state index in [-0.39, 0.29) is 5.41 Å². The van der Waals surface area contributed by atoms with E-state index in [9.17, 15) is 4.79 Å². The van der Waals surface area contributed by atoms with E-state index in [4.69, 9.17) is 0 Å². The molecule has 1 N–H and O–H groups in total. The first-order chi connectivity index (χ1) is 7.78. The van der Waals surface area contributed by atoms with Crippen LogP contribution in [0.25, 0.3) is 0 Å². The zero-order chi connectivity index (χ0) is 11.4. The monoisotopic (exact) mass is 224 g/mol. The molecule has 0 radical (unpaired) electrons. The maximum atomic E-state index is 12.6. The molecule has 0 aromatic heterocycles. The fourth-order valence-electron chi connectivity index (χ4n) is 3.06. The molecular formula is C13H24N2O. The number of rotatable bonds is 2. The Morgan fingerprint density at radius 3 is 2.38 bits per heavy atom. The molecule has 2 saturated heterocycles. The number of piperidine rings is 2. The second-order valence-corrected chi connectivity index (χ2v) is 5.24. The van der Waals surface area contributed by atoms with Gasteiger partial charge in [0.05, 0.1) is 5.41 Å². The fraction of sp³-hybridized carbons (Fsp3) is 0.923. The van der Waals surface area contributed by atoms with E-state index in [0.29, 0.717) is 5.91 Å². The van der Waals surface area contributed by atoms with Crippen LogP contribution in [0.5, 0.6) is 0 Å². The zero-order valence-electron chi connectivity index (χ0n) is 10.4. The summed E-state index contributed by atoms with van der Waals surface area (Å²) in [7, 11) is 0. The van der Waals surface area contributed by atoms with Crippen LogP contribution >= 0.6 is 0 Å². The van der Waals surface area contributed by atoms with Gasteiger partial charge in [-0.2, -0.15) is 0 Å². The lowest BCUT2D eigenvalue weighted by Crippen LogP contribution is -2.50. The normalized spacial score (nSPS) is 25.4. The molecule has 2 fully saturated rings. The SMILES string of the molecule is CCC1(C(=O)N2CCCCC2)CCNCC1. The molecule has 3 nitrogen and oxygen atoms in total. The van der Waals surface area contributed by atoms with Gasteiger partial charge in [0.2, 0.25) is 5.91 Å². The van der Waals surface area contributed by atoms with Crippen molar-refractivity contribution < 1.29 is 4.79 Å². The van der Waals surface area contributed by atoms with Gasteiger partial charge in [0.15, 0.2) is 0 Å². The third-order valence-corrected chi connectivity index (χ3v) is 4.33. The largest absolute Gasteiger partial charge is 0.342 e. The summed E-state index contributed by atoms with van der Waals surface area (Å²) < 4.78 is 0. The number of carbonyl (C=O) groups excluding carboxylic acids is 1. The number of nitrogens with zero attached hydrogens (tertiary/aromatic N) is 1. The number of carbonyl (C=O) groups is 1. The molecule has 0 aliphatic carbocycles. The topological polar surface area (TPSA) is 32.3 Å². The van der Waals surface area contributed by atoms with Gasteiger partial charge in [-0.1, -0.05) is 6.92 Å². The van der Waals surface area contributed by atoms with Crippen LogP contribution in [0.1, 0.15) is 45.4 Å². The van der Waals surface area contributed by atoms with E-state index in [0.717, 1.165) is 45.4 Å². The molecule has 0 aromatic carbocycles. The van der Waals surface area contributed by atoms with Crippen molar-refractivity contribution in [3.05, 3.63) is 0 Å². The third-order valence-electron chi connectivity index (χ3n) is 4.33. The summed E-state index contributed by atoms with van der Waals surface area (Å²) >= 11 is 0. The quantitative estimate of drug-likeness (QED) is 0.775. The van der Waals surface area contributed by atoms with Gasteiger partial charge < -0.3 is 10.2 Å². The maximum absolute atomic E-state index is 12.6. The van der Waals surface area contributed by atoms with Crippen LogP contribution < -0.4 is 5.32 Å². The first-order valence-electron chi connectivity index (χ1n) is 6.79. The molecule has 0 aromatic rings. The Labute approximate surface area is 98.6 Å². The Hall–Kier alpha value is -0.570. The minimum atomic E-state index is -0.0391. The highest BCUT2D eigenvalue weighted by Gasteiger charge is 2.40. The Morgan fingerprint density at radius 2 is 1.81 bits per heavy atom. The van der Waals surface area contributed by atoms with Crippen LogP contribution in [0.4, 0.5) is 0 Å². The van der Waals surface area contributed by atoms with Crippen LogP contribution in [-0.2, 0) is 4.79 Å². The van der Waals surface area contributed by atoms with Gasteiger partial charge in [-0.3, -0.25) is 4.79 Å². The second-order valence-electron chi connectivity index (χ2n) is 5.24. The van der Waals surface area contributed by atoms with Crippen molar-refractivity contribution in [2.24, 2.45) is 5.41 Å². The summed E-state index contributed by atoms with van der Waals surface area (Å²) in [5.74, 6) is 0.441. The molecular weight excluding hydrogens is 200 g/mol. The molecule has 16 heavy (non-hydrogen) atoms. The summed E-state index contributed by atoms with van der Waals surface area (Å²) in [4.78, 5) is 14.7. The van der Waals surface area contributed by atoms with E-state index in [1.54, 1.807) is 0 Å². The van der Waals surface area contributed by atoms with Crippen LogP contribution in [0.3, 0.4) is 0 Å². The van der Waals surface area contributed by atoms with E-state index in [2.05, 4.69) is 17.1 Å². The van der Waals surface area contributed by atoms with Crippen LogP contribution in [0.15, 0.2) is 0 Å². The summed E-state index contributed by atoms with van der Waals surface area (Å²) in [6.45, 7) is 6.18. The Balaban J connectivity index is 2.04. The van der Waals surface area contributed by atoms with E-state index < -0.39 is 0 Å². The van der Waals surface area contributed by atoms with E-state index in [1.807, 2.05) is 0 Å². The van der Waals surface area contributed by atoms with Gasteiger partial charge in [0.1, 0.15) is 0 Å². The lowest BCUT2D eigenvalue weighted by atomic mass is 9.75. The highest BCUT2D eigenvalue weighted by atomic mass is 16.2. The smallest absolute Gasteiger partial charge is 0.228 e. The van der Waals surface area contributed by atoms with Crippen molar-refractivity contribution in [1.29, 1.82) is 0 Å². The summed E-state index contributed by atoms with van der Waals surface area (Å²) in [6, 6.07) is 0. The Morgan fingerprint density at radius 1 is 1.19 bits per heavy atom. The fourth-order valence-corrected chi connectivity index (χ4v) is 3.06. The highest BCUT2D eigenvalue weighted by molar-refractivity contribution is 5.83. The molecule has 2 heterocycles. The number of hydrogen-bond acceptors (Lipinski definition) is 2. The first-order valence-corrected chi connectivity index (χ1v) is 6.79. The van der Waals surface area contributed by atoms with Gasteiger partial charge in [-0.15, -0.1) is 0 Å². The van der Waals surface area contributed by atoms with E-state index >= 15 is 0 Å². The molecule has 2 aliphatic rings. The molecule has 1 amide bonds. The summed E-state index contributed by atoms with van der Waals surface area (Å²) in [5, 5.41) is 3.36. The molecule has 2 rings (SSSR count). The van der Waals surface area contributed by atoms with Crippen molar-refractivity contribution in [2.45, 2.75) is 45.4 Å². The molecule has 0 bridgehead atoms. The average molecular weight is 224 g/mol. The maximum Gasteiger partial charge on any atom is 0.228 e. The van der Waals surface area contributed by atoms with Crippen molar-refractivity contribution in [3.8, 4) is 0 Å². The number of amides is 1. The van der Waals surface area contributed by atoms with Crippen LogP contribution in [-0.4, -0.2) is 37.0 Å². The predicted molar refractivity (Wildman–Crippen MR) is 65.3 cm³/mol.